The van der Waals surface area contributed by atoms with Crippen molar-refractivity contribution in [2.45, 2.75) is 39.5 Å². The van der Waals surface area contributed by atoms with Gasteiger partial charge < -0.3 is 20.6 Å². The molecular weight excluding hydrogens is 438 g/mol. The van der Waals surface area contributed by atoms with Crippen molar-refractivity contribution in [3.63, 3.8) is 0 Å². The van der Waals surface area contributed by atoms with Crippen LogP contribution in [0.5, 0.6) is 0 Å². The standard InChI is InChI=1S/C27H31N7O/c1-4-5-6-7-20-8-9-22(31-20)23-24-25(28)29-12-15-34(24)26(32-23)19-10-13-33(14-11-19)27(35)21-16-17(2)30-18(21)3/h4-9,12,15-16,19,30-31H,10-11,13-14H2,1-3H3,(H2,28,29)/b5-4-,7-6-. The van der Waals surface area contributed by atoms with E-state index in [4.69, 9.17) is 10.7 Å². The highest BCUT2D eigenvalue weighted by molar-refractivity contribution is 5.95. The molecule has 1 fully saturated rings. The van der Waals surface area contributed by atoms with Crippen LogP contribution >= 0.6 is 0 Å². The van der Waals surface area contributed by atoms with Crippen molar-refractivity contribution in [2.24, 2.45) is 0 Å². The number of anilines is 1. The predicted octanol–water partition coefficient (Wildman–Crippen LogP) is 4.86. The average Bonchev–Trinajstić information content (AvgIpc) is 3.56. The molecule has 0 spiro atoms. The number of H-pyrrole nitrogens is 2. The van der Waals surface area contributed by atoms with E-state index in [9.17, 15) is 4.79 Å². The smallest absolute Gasteiger partial charge is 0.255 e. The predicted molar refractivity (Wildman–Crippen MR) is 139 cm³/mol. The van der Waals surface area contributed by atoms with Crippen molar-refractivity contribution in [2.75, 3.05) is 18.8 Å². The van der Waals surface area contributed by atoms with E-state index in [0.29, 0.717) is 18.9 Å². The van der Waals surface area contributed by atoms with E-state index in [1.165, 1.54) is 0 Å². The summed E-state index contributed by atoms with van der Waals surface area (Å²) in [6.07, 6.45) is 13.3. The van der Waals surface area contributed by atoms with E-state index >= 15 is 0 Å². The van der Waals surface area contributed by atoms with Gasteiger partial charge in [0.25, 0.3) is 5.91 Å². The number of amides is 1. The first kappa shape index (κ1) is 22.7. The van der Waals surface area contributed by atoms with Gasteiger partial charge in [0.15, 0.2) is 0 Å². The lowest BCUT2D eigenvalue weighted by Gasteiger charge is -2.31. The van der Waals surface area contributed by atoms with Gasteiger partial charge in [-0.15, -0.1) is 0 Å². The van der Waals surface area contributed by atoms with Crippen molar-refractivity contribution < 1.29 is 4.79 Å². The lowest BCUT2D eigenvalue weighted by Crippen LogP contribution is -2.38. The van der Waals surface area contributed by atoms with Crippen LogP contribution in [0, 0.1) is 13.8 Å². The minimum atomic E-state index is 0.0947. The van der Waals surface area contributed by atoms with Gasteiger partial charge in [-0.3, -0.25) is 9.20 Å². The van der Waals surface area contributed by atoms with Crippen LogP contribution in [-0.4, -0.2) is 48.2 Å². The van der Waals surface area contributed by atoms with Crippen LogP contribution in [0.3, 0.4) is 0 Å². The Morgan fingerprint density at radius 1 is 1.17 bits per heavy atom. The Balaban J connectivity index is 1.41. The van der Waals surface area contributed by atoms with E-state index in [2.05, 4.69) is 19.4 Å². The van der Waals surface area contributed by atoms with Crippen LogP contribution in [-0.2, 0) is 0 Å². The monoisotopic (exact) mass is 469 g/mol. The molecule has 0 aliphatic carbocycles. The van der Waals surface area contributed by atoms with Gasteiger partial charge in [0, 0.05) is 48.5 Å². The maximum atomic E-state index is 13.1. The number of piperidine rings is 1. The lowest BCUT2D eigenvalue weighted by molar-refractivity contribution is 0.0710. The van der Waals surface area contributed by atoms with E-state index in [0.717, 1.165) is 58.2 Å². The zero-order valence-corrected chi connectivity index (χ0v) is 20.4. The number of aromatic amines is 2. The van der Waals surface area contributed by atoms with Gasteiger partial charge in [-0.2, -0.15) is 0 Å². The van der Waals surface area contributed by atoms with Gasteiger partial charge in [-0.1, -0.05) is 18.2 Å². The molecule has 0 aromatic carbocycles. The fourth-order valence-corrected chi connectivity index (χ4v) is 4.94. The molecule has 1 aliphatic heterocycles. The Morgan fingerprint density at radius 2 is 1.97 bits per heavy atom. The van der Waals surface area contributed by atoms with Gasteiger partial charge in [-0.25, -0.2) is 9.97 Å². The highest BCUT2D eigenvalue weighted by Gasteiger charge is 2.29. The Morgan fingerprint density at radius 3 is 2.69 bits per heavy atom. The number of likely N-dealkylation sites (tertiary alicyclic amines) is 1. The minimum Gasteiger partial charge on any atom is -0.382 e. The maximum absolute atomic E-state index is 13.1. The number of aromatic nitrogens is 5. The number of aryl methyl sites for hydroxylation is 2. The summed E-state index contributed by atoms with van der Waals surface area (Å²) in [6.45, 7) is 7.30. The molecule has 1 aliphatic rings. The van der Waals surface area contributed by atoms with Crippen molar-refractivity contribution in [1.29, 1.82) is 0 Å². The molecule has 0 atom stereocenters. The van der Waals surface area contributed by atoms with E-state index in [1.807, 2.05) is 74.4 Å². The summed E-state index contributed by atoms with van der Waals surface area (Å²) in [5.41, 5.74) is 12.5. The second-order valence-corrected chi connectivity index (χ2v) is 9.12. The third-order valence-corrected chi connectivity index (χ3v) is 6.68. The quantitative estimate of drug-likeness (QED) is 0.363. The number of hydrogen-bond acceptors (Lipinski definition) is 4. The second kappa shape index (κ2) is 9.29. The SMILES string of the molecule is C/C=C\C=C/c1ccc(-c2nc(C3CCN(C(=O)c4cc(C)[nH]c4C)CC3)n3ccnc(N)c23)[nH]1. The number of fused-ring (bicyclic) bond motifs is 1. The van der Waals surface area contributed by atoms with Crippen molar-refractivity contribution in [3.05, 3.63) is 77.3 Å². The number of allylic oxidation sites excluding steroid dienone is 3. The first-order chi connectivity index (χ1) is 17.0. The number of carbonyl (C=O) groups excluding carboxylic acids is 1. The summed E-state index contributed by atoms with van der Waals surface area (Å²) >= 11 is 0. The van der Waals surface area contributed by atoms with Gasteiger partial charge in [0.2, 0.25) is 0 Å². The number of rotatable bonds is 5. The van der Waals surface area contributed by atoms with Crippen molar-refractivity contribution in [3.8, 4) is 11.4 Å². The molecule has 0 unspecified atom stereocenters. The number of carbonyl (C=O) groups is 1. The molecule has 4 aromatic heterocycles. The summed E-state index contributed by atoms with van der Waals surface area (Å²) in [4.78, 5) is 31.1. The summed E-state index contributed by atoms with van der Waals surface area (Å²) < 4.78 is 2.07. The zero-order valence-electron chi connectivity index (χ0n) is 20.4. The largest absolute Gasteiger partial charge is 0.382 e. The van der Waals surface area contributed by atoms with Gasteiger partial charge in [0.1, 0.15) is 22.9 Å². The molecule has 0 saturated carbocycles. The molecule has 8 heteroatoms. The number of nitrogens with two attached hydrogens (primary N) is 1. The molecule has 0 bridgehead atoms. The first-order valence-corrected chi connectivity index (χ1v) is 12.0. The van der Waals surface area contributed by atoms with Crippen LogP contribution in [0.25, 0.3) is 23.0 Å². The average molecular weight is 470 g/mol. The molecule has 0 radical (unpaired) electrons. The number of imidazole rings is 1. The van der Waals surface area contributed by atoms with Crippen LogP contribution in [0.1, 0.15) is 58.9 Å². The normalized spacial score (nSPS) is 15.2. The highest BCUT2D eigenvalue weighted by atomic mass is 16.2. The van der Waals surface area contributed by atoms with Crippen LogP contribution < -0.4 is 5.73 Å². The summed E-state index contributed by atoms with van der Waals surface area (Å²) in [6, 6.07) is 5.99. The van der Waals surface area contributed by atoms with E-state index in [1.54, 1.807) is 6.20 Å². The van der Waals surface area contributed by atoms with Crippen LogP contribution in [0.15, 0.2) is 48.8 Å². The Kier molecular flexibility index (Phi) is 6.03. The molecule has 1 saturated heterocycles. The van der Waals surface area contributed by atoms with Crippen LogP contribution in [0.4, 0.5) is 5.82 Å². The fraction of sp³-hybridized carbons (Fsp3) is 0.296. The Hall–Kier alpha value is -4.07. The fourth-order valence-electron chi connectivity index (χ4n) is 4.94. The van der Waals surface area contributed by atoms with Gasteiger partial charge in [-0.05, 0) is 57.9 Å². The molecule has 180 valence electrons. The molecule has 4 aromatic rings. The summed E-state index contributed by atoms with van der Waals surface area (Å²) in [5.74, 6) is 1.73. The van der Waals surface area contributed by atoms with Gasteiger partial charge >= 0.3 is 0 Å². The second-order valence-electron chi connectivity index (χ2n) is 9.12. The van der Waals surface area contributed by atoms with E-state index in [-0.39, 0.29) is 11.8 Å². The Labute approximate surface area is 204 Å². The Bertz CT molecular complexity index is 1430. The third-order valence-electron chi connectivity index (χ3n) is 6.68. The molecule has 4 N–H and O–H groups in total. The molecule has 1 amide bonds. The maximum Gasteiger partial charge on any atom is 0.255 e. The highest BCUT2D eigenvalue weighted by Crippen LogP contribution is 2.34. The third kappa shape index (κ3) is 4.27. The van der Waals surface area contributed by atoms with E-state index < -0.39 is 0 Å². The molecule has 5 heterocycles. The summed E-state index contributed by atoms with van der Waals surface area (Å²) in [5, 5.41) is 0. The number of hydrogen-bond donors (Lipinski definition) is 3. The zero-order chi connectivity index (χ0) is 24.5. The minimum absolute atomic E-state index is 0.0947. The van der Waals surface area contributed by atoms with Crippen molar-refractivity contribution in [1.82, 2.24) is 29.2 Å². The molecule has 5 rings (SSSR count). The number of nitrogens with zero attached hydrogens (tertiary/aromatic N) is 4. The topological polar surface area (TPSA) is 108 Å². The molecule has 8 nitrogen and oxygen atoms in total. The first-order valence-electron chi connectivity index (χ1n) is 12.0. The molecule has 35 heavy (non-hydrogen) atoms. The lowest BCUT2D eigenvalue weighted by atomic mass is 9.95. The van der Waals surface area contributed by atoms with Gasteiger partial charge in [0.05, 0.1) is 11.3 Å². The number of nitrogen functional groups attached to an aromatic ring is 1. The van der Waals surface area contributed by atoms with Crippen molar-refractivity contribution >= 4 is 23.3 Å². The number of nitrogens with one attached hydrogen (secondary N) is 2. The summed E-state index contributed by atoms with van der Waals surface area (Å²) in [7, 11) is 0. The molecular formula is C27H31N7O. The van der Waals surface area contributed by atoms with Crippen LogP contribution in [0.2, 0.25) is 0 Å².